The van der Waals surface area contributed by atoms with Gasteiger partial charge < -0.3 is 4.57 Å². The van der Waals surface area contributed by atoms with Gasteiger partial charge in [-0.2, -0.15) is 0 Å². The first-order valence-electron chi connectivity index (χ1n) is 16.7. The first kappa shape index (κ1) is 25.5. The predicted molar refractivity (Wildman–Crippen MR) is 195 cm³/mol. The summed E-state index contributed by atoms with van der Waals surface area (Å²) in [6, 6.07) is 57.2. The molecule has 0 saturated heterocycles. The second-order valence-corrected chi connectivity index (χ2v) is 14.0. The van der Waals surface area contributed by atoms with Crippen molar-refractivity contribution >= 4 is 21.8 Å². The van der Waals surface area contributed by atoms with Crippen LogP contribution in [0.1, 0.15) is 47.2 Å². The van der Waals surface area contributed by atoms with E-state index in [2.05, 4.69) is 170 Å². The Bertz CT molecular complexity index is 2600. The number of nitrogens with zero attached hydrogens (tertiary/aromatic N) is 1. The minimum atomic E-state index is -0.367. The van der Waals surface area contributed by atoms with E-state index in [0.29, 0.717) is 0 Å². The summed E-state index contributed by atoms with van der Waals surface area (Å²) in [5.41, 5.74) is 19.7. The average molecular weight is 598 g/mol. The van der Waals surface area contributed by atoms with E-state index in [1.54, 1.807) is 0 Å². The zero-order valence-corrected chi connectivity index (χ0v) is 26.4. The van der Waals surface area contributed by atoms with Gasteiger partial charge >= 0.3 is 0 Å². The summed E-state index contributed by atoms with van der Waals surface area (Å²) in [6.45, 7) is 4.76. The molecule has 1 heterocycles. The smallest absolute Gasteiger partial charge is 0.0726 e. The topological polar surface area (TPSA) is 4.93 Å². The average Bonchev–Trinajstić information content (AvgIpc) is 3.78. The van der Waals surface area contributed by atoms with E-state index >= 15 is 0 Å². The van der Waals surface area contributed by atoms with Gasteiger partial charge in [-0.3, -0.25) is 0 Å². The molecule has 0 amide bonds. The highest BCUT2D eigenvalue weighted by atomic mass is 15.0. The predicted octanol–water partition coefficient (Wildman–Crippen LogP) is 11.4. The van der Waals surface area contributed by atoms with Gasteiger partial charge in [0.05, 0.1) is 16.4 Å². The monoisotopic (exact) mass is 597 g/mol. The summed E-state index contributed by atoms with van der Waals surface area (Å²) in [7, 11) is 0. The van der Waals surface area contributed by atoms with Gasteiger partial charge in [0.1, 0.15) is 0 Å². The van der Waals surface area contributed by atoms with E-state index in [9.17, 15) is 0 Å². The molecule has 7 aromatic carbocycles. The first-order valence-corrected chi connectivity index (χ1v) is 16.7. The molecule has 11 rings (SSSR count). The van der Waals surface area contributed by atoms with Crippen LogP contribution in [0.2, 0.25) is 0 Å². The maximum atomic E-state index is 2.56. The minimum absolute atomic E-state index is 0.0754. The largest absolute Gasteiger partial charge is 0.309 e. The summed E-state index contributed by atoms with van der Waals surface area (Å²) in [4.78, 5) is 0. The summed E-state index contributed by atoms with van der Waals surface area (Å²) in [6.07, 6.45) is 0. The number of fused-ring (bicyclic) bond motifs is 17. The lowest BCUT2D eigenvalue weighted by Gasteiger charge is -2.30. The van der Waals surface area contributed by atoms with Crippen LogP contribution in [0, 0.1) is 0 Å². The van der Waals surface area contributed by atoms with Crippen molar-refractivity contribution in [1.82, 2.24) is 4.57 Å². The van der Waals surface area contributed by atoms with Crippen molar-refractivity contribution in [3.8, 4) is 39.1 Å². The van der Waals surface area contributed by atoms with Gasteiger partial charge in [0, 0.05) is 27.4 Å². The SMILES string of the molecule is CC1(C)c2ccccc2-c2cc3c4ccc5c(c4n(-c4ccccc4)c3cc21)-c1ccccc1C51c2ccccc2-c2ccccc21. The Kier molecular flexibility index (Phi) is 4.66. The van der Waals surface area contributed by atoms with E-state index in [-0.39, 0.29) is 10.8 Å². The van der Waals surface area contributed by atoms with E-state index < -0.39 is 0 Å². The van der Waals surface area contributed by atoms with Crippen LogP contribution in [0.5, 0.6) is 0 Å². The van der Waals surface area contributed by atoms with Crippen molar-refractivity contribution in [3.63, 3.8) is 0 Å². The molecule has 3 aliphatic rings. The van der Waals surface area contributed by atoms with Gasteiger partial charge in [0.2, 0.25) is 0 Å². The third-order valence-electron chi connectivity index (χ3n) is 11.6. The molecule has 0 aliphatic heterocycles. The van der Waals surface area contributed by atoms with Gasteiger partial charge in [-0.25, -0.2) is 0 Å². The number of rotatable bonds is 1. The van der Waals surface area contributed by atoms with Crippen LogP contribution in [-0.2, 0) is 10.8 Å². The number of hydrogen-bond acceptors (Lipinski definition) is 0. The number of aromatic nitrogens is 1. The van der Waals surface area contributed by atoms with Crippen molar-refractivity contribution in [2.45, 2.75) is 24.7 Å². The molecule has 1 nitrogen and oxygen atoms in total. The van der Waals surface area contributed by atoms with Crippen LogP contribution in [0.25, 0.3) is 60.9 Å². The van der Waals surface area contributed by atoms with Crippen LogP contribution >= 0.6 is 0 Å². The Morgan fingerprint density at radius 2 is 0.936 bits per heavy atom. The fourth-order valence-corrected chi connectivity index (χ4v) is 9.72. The molecule has 47 heavy (non-hydrogen) atoms. The number of benzene rings is 7. The standard InChI is InChI=1S/C46H31N/c1-45(2)36-20-10-6-18-31(36)34-26-35-32-24-25-40-43(44(32)47(42(35)27-41(34)45)28-14-4-3-5-15-28)33-19-9-13-23-39(33)46(40)37-21-11-7-16-29(37)30-17-8-12-22-38(30)46/h3-27H,1-2H3. The fraction of sp³-hybridized carbons (Fsp3) is 0.0870. The highest BCUT2D eigenvalue weighted by Gasteiger charge is 2.52. The summed E-state index contributed by atoms with van der Waals surface area (Å²) in [5.74, 6) is 0. The molecule has 3 aliphatic carbocycles. The van der Waals surface area contributed by atoms with Crippen LogP contribution in [0.4, 0.5) is 0 Å². The molecule has 1 aromatic heterocycles. The summed E-state index contributed by atoms with van der Waals surface area (Å²) in [5, 5.41) is 2.61. The molecule has 1 spiro atoms. The maximum Gasteiger partial charge on any atom is 0.0726 e. The van der Waals surface area contributed by atoms with Crippen molar-refractivity contribution < 1.29 is 0 Å². The lowest BCUT2D eigenvalue weighted by molar-refractivity contribution is 0.661. The molecular weight excluding hydrogens is 567 g/mol. The molecule has 220 valence electrons. The maximum absolute atomic E-state index is 2.56. The van der Waals surface area contributed by atoms with E-state index in [0.717, 1.165) is 0 Å². The third-order valence-corrected chi connectivity index (χ3v) is 11.6. The van der Waals surface area contributed by atoms with Crippen LogP contribution in [0.3, 0.4) is 0 Å². The Hall–Kier alpha value is -5.66. The van der Waals surface area contributed by atoms with Gasteiger partial charge in [0.15, 0.2) is 0 Å². The lowest BCUT2D eigenvalue weighted by atomic mass is 9.70. The van der Waals surface area contributed by atoms with Crippen molar-refractivity contribution in [2.75, 3.05) is 0 Å². The Balaban J connectivity index is 1.34. The molecule has 0 saturated carbocycles. The second kappa shape index (κ2) is 8.57. The Morgan fingerprint density at radius 3 is 1.60 bits per heavy atom. The normalized spacial score (nSPS) is 15.4. The molecule has 0 atom stereocenters. The molecule has 8 aromatic rings. The zero-order chi connectivity index (χ0) is 31.1. The lowest BCUT2D eigenvalue weighted by Crippen LogP contribution is -2.25. The van der Waals surface area contributed by atoms with Crippen LogP contribution in [-0.4, -0.2) is 4.57 Å². The Labute approximate surface area is 274 Å². The summed E-state index contributed by atoms with van der Waals surface area (Å²) < 4.78 is 2.56. The van der Waals surface area contributed by atoms with Crippen LogP contribution < -0.4 is 0 Å². The molecule has 0 radical (unpaired) electrons. The third kappa shape index (κ3) is 2.89. The molecule has 0 bridgehead atoms. The molecule has 0 fully saturated rings. The quantitative estimate of drug-likeness (QED) is 0.177. The highest BCUT2D eigenvalue weighted by molar-refractivity contribution is 6.18. The van der Waals surface area contributed by atoms with Crippen molar-refractivity contribution in [3.05, 3.63) is 185 Å². The van der Waals surface area contributed by atoms with Gasteiger partial charge in [-0.05, 0) is 85.5 Å². The molecule has 0 N–H and O–H groups in total. The zero-order valence-electron chi connectivity index (χ0n) is 26.4. The van der Waals surface area contributed by atoms with Gasteiger partial charge in [0.25, 0.3) is 0 Å². The number of hydrogen-bond donors (Lipinski definition) is 0. The molecule has 1 heteroatoms. The van der Waals surface area contributed by atoms with Crippen molar-refractivity contribution in [2.24, 2.45) is 0 Å². The van der Waals surface area contributed by atoms with E-state index in [1.165, 1.54) is 94.3 Å². The van der Waals surface area contributed by atoms with Gasteiger partial charge in [-0.15, -0.1) is 0 Å². The molecular formula is C46H31N. The van der Waals surface area contributed by atoms with E-state index in [4.69, 9.17) is 0 Å². The minimum Gasteiger partial charge on any atom is -0.309 e. The number of para-hydroxylation sites is 1. The van der Waals surface area contributed by atoms with E-state index in [1.807, 2.05) is 0 Å². The summed E-state index contributed by atoms with van der Waals surface area (Å²) >= 11 is 0. The first-order chi connectivity index (χ1) is 23.1. The highest BCUT2D eigenvalue weighted by Crippen LogP contribution is 2.64. The Morgan fingerprint density at radius 1 is 0.404 bits per heavy atom. The second-order valence-electron chi connectivity index (χ2n) is 14.0. The fourth-order valence-electron chi connectivity index (χ4n) is 9.72. The van der Waals surface area contributed by atoms with Crippen LogP contribution in [0.15, 0.2) is 152 Å². The van der Waals surface area contributed by atoms with Gasteiger partial charge in [-0.1, -0.05) is 141 Å². The van der Waals surface area contributed by atoms with Crippen molar-refractivity contribution in [1.29, 1.82) is 0 Å². The molecule has 0 unspecified atom stereocenters.